The molecule has 0 aliphatic heterocycles. The average molecular weight is 319 g/mol. The Kier molecular flexibility index (Phi) is 5.03. The maximum absolute atomic E-state index is 5.97. The molecule has 0 heterocycles. The van der Waals surface area contributed by atoms with Crippen LogP contribution in [0.15, 0.2) is 53.0 Å². The quantitative estimate of drug-likeness (QED) is 0.703. The van der Waals surface area contributed by atoms with Crippen LogP contribution in [0.5, 0.6) is 5.75 Å². The van der Waals surface area contributed by atoms with Gasteiger partial charge >= 0.3 is 0 Å². The maximum Gasteiger partial charge on any atom is 0.123 e. The second-order valence-corrected chi connectivity index (χ2v) is 5.68. The van der Waals surface area contributed by atoms with Crippen LogP contribution in [0, 0.1) is 0 Å². The molecular formula is C17H19BrO. The monoisotopic (exact) mass is 318 g/mol. The Morgan fingerprint density at radius 2 is 1.74 bits per heavy atom. The zero-order chi connectivity index (χ0) is 13.7. The summed E-state index contributed by atoms with van der Waals surface area (Å²) >= 11 is 3.44. The Morgan fingerprint density at radius 3 is 2.42 bits per heavy atom. The van der Waals surface area contributed by atoms with E-state index in [9.17, 15) is 0 Å². The molecule has 0 aromatic heterocycles. The predicted octanol–water partition coefficient (Wildman–Crippen LogP) is 5.54. The zero-order valence-electron chi connectivity index (χ0n) is 11.4. The van der Waals surface area contributed by atoms with Gasteiger partial charge in [-0.3, -0.25) is 0 Å². The van der Waals surface area contributed by atoms with Crippen molar-refractivity contribution in [2.24, 2.45) is 0 Å². The standard InChI is InChI=1S/C17H19BrO/c1-3-13(2)16-6-4-5-7-17(16)19-12-14-8-10-15(18)11-9-14/h4-11,13H,3,12H2,1-2H3/t13-/m1/s1. The van der Waals surface area contributed by atoms with Gasteiger partial charge in [0.2, 0.25) is 0 Å². The Labute approximate surface area is 123 Å². The summed E-state index contributed by atoms with van der Waals surface area (Å²) in [6.45, 7) is 5.05. The molecule has 0 saturated heterocycles. The van der Waals surface area contributed by atoms with Crippen molar-refractivity contribution in [1.29, 1.82) is 0 Å². The predicted molar refractivity (Wildman–Crippen MR) is 83.6 cm³/mol. The molecule has 2 rings (SSSR count). The molecule has 0 aliphatic rings. The van der Waals surface area contributed by atoms with Crippen molar-refractivity contribution in [3.8, 4) is 5.75 Å². The number of halogens is 1. The van der Waals surface area contributed by atoms with E-state index in [1.807, 2.05) is 18.2 Å². The van der Waals surface area contributed by atoms with Crippen molar-refractivity contribution in [3.05, 3.63) is 64.1 Å². The summed E-state index contributed by atoms with van der Waals surface area (Å²) in [5, 5.41) is 0. The first-order chi connectivity index (χ1) is 9.20. The first-order valence-electron chi connectivity index (χ1n) is 6.67. The van der Waals surface area contributed by atoms with Crippen LogP contribution in [-0.4, -0.2) is 0 Å². The van der Waals surface area contributed by atoms with Gasteiger partial charge in [0.25, 0.3) is 0 Å². The molecule has 100 valence electrons. The van der Waals surface area contributed by atoms with Gasteiger partial charge in [-0.25, -0.2) is 0 Å². The van der Waals surface area contributed by atoms with E-state index in [2.05, 4.69) is 60.1 Å². The van der Waals surface area contributed by atoms with Gasteiger partial charge in [0.15, 0.2) is 0 Å². The van der Waals surface area contributed by atoms with Crippen LogP contribution in [-0.2, 0) is 6.61 Å². The van der Waals surface area contributed by atoms with Crippen molar-refractivity contribution in [3.63, 3.8) is 0 Å². The van der Waals surface area contributed by atoms with Crippen LogP contribution in [0.3, 0.4) is 0 Å². The van der Waals surface area contributed by atoms with E-state index >= 15 is 0 Å². The lowest BCUT2D eigenvalue weighted by atomic mass is 9.98. The Morgan fingerprint density at radius 1 is 1.05 bits per heavy atom. The van der Waals surface area contributed by atoms with Gasteiger partial charge in [0.1, 0.15) is 12.4 Å². The van der Waals surface area contributed by atoms with E-state index in [0.29, 0.717) is 12.5 Å². The number of benzene rings is 2. The van der Waals surface area contributed by atoms with E-state index in [-0.39, 0.29) is 0 Å². The molecule has 0 fully saturated rings. The van der Waals surface area contributed by atoms with Crippen molar-refractivity contribution in [2.45, 2.75) is 32.8 Å². The number of ether oxygens (including phenoxy) is 1. The van der Waals surface area contributed by atoms with E-state index < -0.39 is 0 Å². The van der Waals surface area contributed by atoms with Crippen molar-refractivity contribution >= 4 is 15.9 Å². The summed E-state index contributed by atoms with van der Waals surface area (Å²) in [6, 6.07) is 16.6. The van der Waals surface area contributed by atoms with Gasteiger partial charge in [-0.1, -0.05) is 60.1 Å². The topological polar surface area (TPSA) is 9.23 Å². The van der Waals surface area contributed by atoms with E-state index in [0.717, 1.165) is 16.6 Å². The highest BCUT2D eigenvalue weighted by Gasteiger charge is 2.09. The number of rotatable bonds is 5. The highest BCUT2D eigenvalue weighted by atomic mass is 79.9. The average Bonchev–Trinajstić information content (AvgIpc) is 2.46. The Hall–Kier alpha value is -1.28. The smallest absolute Gasteiger partial charge is 0.123 e. The van der Waals surface area contributed by atoms with Gasteiger partial charge in [-0.05, 0) is 41.7 Å². The molecule has 1 atom stereocenters. The SMILES string of the molecule is CC[C@@H](C)c1ccccc1OCc1ccc(Br)cc1. The van der Waals surface area contributed by atoms with Gasteiger partial charge in [-0.15, -0.1) is 0 Å². The van der Waals surface area contributed by atoms with Crippen molar-refractivity contribution in [1.82, 2.24) is 0 Å². The molecule has 2 heteroatoms. The molecular weight excluding hydrogens is 300 g/mol. The van der Waals surface area contributed by atoms with Crippen LogP contribution in [0.2, 0.25) is 0 Å². The minimum atomic E-state index is 0.529. The molecule has 0 aliphatic carbocycles. The Bertz CT molecular complexity index is 519. The third-order valence-electron chi connectivity index (χ3n) is 3.37. The molecule has 0 unspecified atom stereocenters. The van der Waals surface area contributed by atoms with Crippen LogP contribution >= 0.6 is 15.9 Å². The van der Waals surface area contributed by atoms with E-state index in [1.54, 1.807) is 0 Å². The van der Waals surface area contributed by atoms with Gasteiger partial charge < -0.3 is 4.74 Å². The summed E-state index contributed by atoms with van der Waals surface area (Å²) < 4.78 is 7.06. The lowest BCUT2D eigenvalue weighted by Crippen LogP contribution is -2.00. The Balaban J connectivity index is 2.09. The summed E-state index contributed by atoms with van der Waals surface area (Å²) in [5.41, 5.74) is 2.48. The number of hydrogen-bond acceptors (Lipinski definition) is 1. The molecule has 2 aromatic rings. The minimum Gasteiger partial charge on any atom is -0.489 e. The normalized spacial score (nSPS) is 12.2. The third-order valence-corrected chi connectivity index (χ3v) is 3.90. The second kappa shape index (κ2) is 6.76. The zero-order valence-corrected chi connectivity index (χ0v) is 13.0. The van der Waals surface area contributed by atoms with Crippen LogP contribution < -0.4 is 4.74 Å². The second-order valence-electron chi connectivity index (χ2n) is 4.76. The minimum absolute atomic E-state index is 0.529. The maximum atomic E-state index is 5.97. The lowest BCUT2D eigenvalue weighted by Gasteiger charge is -2.15. The summed E-state index contributed by atoms with van der Waals surface area (Å²) in [4.78, 5) is 0. The van der Waals surface area contributed by atoms with Crippen molar-refractivity contribution in [2.75, 3.05) is 0 Å². The summed E-state index contributed by atoms with van der Waals surface area (Å²) in [5.74, 6) is 1.53. The fraction of sp³-hybridized carbons (Fsp3) is 0.294. The molecule has 0 spiro atoms. The molecule has 0 bridgehead atoms. The van der Waals surface area contributed by atoms with Gasteiger partial charge in [0, 0.05) is 4.47 Å². The van der Waals surface area contributed by atoms with Crippen LogP contribution in [0.25, 0.3) is 0 Å². The van der Waals surface area contributed by atoms with E-state index in [4.69, 9.17) is 4.74 Å². The molecule has 19 heavy (non-hydrogen) atoms. The highest BCUT2D eigenvalue weighted by molar-refractivity contribution is 9.10. The first-order valence-corrected chi connectivity index (χ1v) is 7.46. The van der Waals surface area contributed by atoms with E-state index in [1.165, 1.54) is 11.1 Å². The molecule has 0 N–H and O–H groups in total. The molecule has 1 nitrogen and oxygen atoms in total. The fourth-order valence-corrected chi connectivity index (χ4v) is 2.25. The first kappa shape index (κ1) is 14.1. The molecule has 2 aromatic carbocycles. The van der Waals surface area contributed by atoms with Crippen LogP contribution in [0.1, 0.15) is 37.3 Å². The lowest BCUT2D eigenvalue weighted by molar-refractivity contribution is 0.301. The number of hydrogen-bond donors (Lipinski definition) is 0. The molecule has 0 saturated carbocycles. The summed E-state index contributed by atoms with van der Waals surface area (Å²) in [6.07, 6.45) is 1.12. The van der Waals surface area contributed by atoms with Crippen LogP contribution in [0.4, 0.5) is 0 Å². The highest BCUT2D eigenvalue weighted by Crippen LogP contribution is 2.29. The molecule has 0 amide bonds. The fourth-order valence-electron chi connectivity index (χ4n) is 1.98. The van der Waals surface area contributed by atoms with Gasteiger partial charge in [0.05, 0.1) is 0 Å². The largest absolute Gasteiger partial charge is 0.489 e. The third kappa shape index (κ3) is 3.84. The number of para-hydroxylation sites is 1. The molecule has 0 radical (unpaired) electrons. The summed E-state index contributed by atoms with van der Waals surface area (Å²) in [7, 11) is 0. The van der Waals surface area contributed by atoms with Gasteiger partial charge in [-0.2, -0.15) is 0 Å². The van der Waals surface area contributed by atoms with Crippen molar-refractivity contribution < 1.29 is 4.74 Å².